The number of carbonyl (C=O) groups is 1. The quantitative estimate of drug-likeness (QED) is 0.907. The monoisotopic (exact) mass is 275 g/mol. The van der Waals surface area contributed by atoms with Crippen molar-refractivity contribution in [2.24, 2.45) is 5.73 Å². The van der Waals surface area contributed by atoms with E-state index in [-0.39, 0.29) is 0 Å². The zero-order chi connectivity index (χ0) is 13.9. The highest BCUT2D eigenvalue weighted by Crippen LogP contribution is 2.35. The molecule has 5 heteroatoms. The van der Waals surface area contributed by atoms with E-state index in [2.05, 4.69) is 9.88 Å². The van der Waals surface area contributed by atoms with Crippen LogP contribution in [0.1, 0.15) is 47.9 Å². The standard InChI is InChI=1S/C15H21N3O2/c16-15(19)13-4-1-3-12(17-13)14-5-2-8-18(14)11-6-9-20-10-7-11/h1,3-4,11,14H,2,5-10H2,(H2,16,19). The largest absolute Gasteiger partial charge is 0.381 e. The summed E-state index contributed by atoms with van der Waals surface area (Å²) in [6, 6.07) is 6.46. The summed E-state index contributed by atoms with van der Waals surface area (Å²) in [5.41, 5.74) is 6.67. The van der Waals surface area contributed by atoms with E-state index in [1.807, 2.05) is 12.1 Å². The Bertz CT molecular complexity index is 486. The van der Waals surface area contributed by atoms with Crippen LogP contribution in [0.2, 0.25) is 0 Å². The van der Waals surface area contributed by atoms with Gasteiger partial charge in [-0.05, 0) is 44.4 Å². The summed E-state index contributed by atoms with van der Waals surface area (Å²) in [5.74, 6) is -0.456. The Hall–Kier alpha value is -1.46. The lowest BCUT2D eigenvalue weighted by molar-refractivity contribution is 0.0285. The minimum Gasteiger partial charge on any atom is -0.381 e. The molecule has 2 fully saturated rings. The van der Waals surface area contributed by atoms with E-state index in [9.17, 15) is 4.79 Å². The average Bonchev–Trinajstić information content (AvgIpc) is 2.98. The number of likely N-dealkylation sites (tertiary alicyclic amines) is 1. The van der Waals surface area contributed by atoms with Crippen molar-refractivity contribution < 1.29 is 9.53 Å². The van der Waals surface area contributed by atoms with Gasteiger partial charge < -0.3 is 10.5 Å². The number of amides is 1. The highest BCUT2D eigenvalue weighted by Gasteiger charge is 2.33. The molecule has 3 heterocycles. The molecule has 2 aliphatic heterocycles. The summed E-state index contributed by atoms with van der Waals surface area (Å²) in [4.78, 5) is 18.3. The predicted molar refractivity (Wildman–Crippen MR) is 75.3 cm³/mol. The number of rotatable bonds is 3. The van der Waals surface area contributed by atoms with Crippen molar-refractivity contribution in [3.8, 4) is 0 Å². The first-order valence-electron chi connectivity index (χ1n) is 7.36. The van der Waals surface area contributed by atoms with Crippen LogP contribution in [-0.4, -0.2) is 41.6 Å². The fourth-order valence-electron chi connectivity index (χ4n) is 3.33. The van der Waals surface area contributed by atoms with Gasteiger partial charge in [0.15, 0.2) is 0 Å². The molecule has 2 aliphatic rings. The van der Waals surface area contributed by atoms with Crippen LogP contribution in [0, 0.1) is 0 Å². The van der Waals surface area contributed by atoms with Gasteiger partial charge in [-0.25, -0.2) is 4.98 Å². The molecule has 0 spiro atoms. The third-order valence-electron chi connectivity index (χ3n) is 4.32. The summed E-state index contributed by atoms with van der Waals surface area (Å²) < 4.78 is 5.45. The molecule has 1 amide bonds. The average molecular weight is 275 g/mol. The van der Waals surface area contributed by atoms with E-state index in [1.165, 1.54) is 6.42 Å². The van der Waals surface area contributed by atoms with Gasteiger partial charge in [-0.3, -0.25) is 9.69 Å². The van der Waals surface area contributed by atoms with Gasteiger partial charge in [0, 0.05) is 19.3 Å². The van der Waals surface area contributed by atoms with Crippen LogP contribution in [0.5, 0.6) is 0 Å². The number of hydrogen-bond donors (Lipinski definition) is 1. The van der Waals surface area contributed by atoms with Gasteiger partial charge in [-0.2, -0.15) is 0 Å². The van der Waals surface area contributed by atoms with Crippen LogP contribution in [-0.2, 0) is 4.74 Å². The van der Waals surface area contributed by atoms with Crippen molar-refractivity contribution in [1.82, 2.24) is 9.88 Å². The second-order valence-electron chi connectivity index (χ2n) is 5.55. The van der Waals surface area contributed by atoms with Gasteiger partial charge in [-0.15, -0.1) is 0 Å². The van der Waals surface area contributed by atoms with Gasteiger partial charge in [0.1, 0.15) is 5.69 Å². The predicted octanol–water partition coefficient (Wildman–Crippen LogP) is 1.50. The zero-order valence-corrected chi connectivity index (χ0v) is 11.6. The number of nitrogens with two attached hydrogens (primary N) is 1. The fraction of sp³-hybridized carbons (Fsp3) is 0.600. The molecule has 1 atom stereocenters. The highest BCUT2D eigenvalue weighted by atomic mass is 16.5. The van der Waals surface area contributed by atoms with Gasteiger partial charge in [-0.1, -0.05) is 6.07 Å². The van der Waals surface area contributed by atoms with Crippen molar-refractivity contribution in [2.45, 2.75) is 37.8 Å². The molecule has 0 aromatic carbocycles. The maximum atomic E-state index is 11.3. The van der Waals surface area contributed by atoms with Crippen molar-refractivity contribution in [1.29, 1.82) is 0 Å². The first-order chi connectivity index (χ1) is 9.75. The minimum atomic E-state index is -0.456. The van der Waals surface area contributed by atoms with Crippen molar-refractivity contribution >= 4 is 5.91 Å². The van der Waals surface area contributed by atoms with Crippen LogP contribution in [0.4, 0.5) is 0 Å². The lowest BCUT2D eigenvalue weighted by Crippen LogP contribution is -2.39. The Labute approximate surface area is 119 Å². The molecule has 0 radical (unpaired) electrons. The molecular formula is C15H21N3O2. The summed E-state index contributed by atoms with van der Waals surface area (Å²) in [6.07, 6.45) is 4.47. The van der Waals surface area contributed by atoms with E-state index in [0.29, 0.717) is 17.8 Å². The SMILES string of the molecule is NC(=O)c1cccc(C2CCCN2C2CCOCC2)n1. The van der Waals surface area contributed by atoms with Gasteiger partial charge in [0.05, 0.1) is 11.7 Å². The first-order valence-corrected chi connectivity index (χ1v) is 7.36. The lowest BCUT2D eigenvalue weighted by atomic mass is 10.0. The molecule has 1 unspecified atom stereocenters. The Balaban J connectivity index is 1.80. The van der Waals surface area contributed by atoms with Crippen molar-refractivity contribution in [2.75, 3.05) is 19.8 Å². The number of carbonyl (C=O) groups excluding carboxylic acids is 1. The second-order valence-corrected chi connectivity index (χ2v) is 5.55. The molecule has 2 saturated heterocycles. The molecular weight excluding hydrogens is 254 g/mol. The van der Waals surface area contributed by atoms with Crippen LogP contribution < -0.4 is 5.73 Å². The van der Waals surface area contributed by atoms with E-state index >= 15 is 0 Å². The first kappa shape index (κ1) is 13.5. The van der Waals surface area contributed by atoms with Crippen LogP contribution in [0.25, 0.3) is 0 Å². The topological polar surface area (TPSA) is 68.5 Å². The Morgan fingerprint density at radius 2 is 2.10 bits per heavy atom. The molecule has 0 saturated carbocycles. The van der Waals surface area contributed by atoms with E-state index in [1.54, 1.807) is 6.07 Å². The third kappa shape index (κ3) is 2.69. The Morgan fingerprint density at radius 3 is 2.85 bits per heavy atom. The fourth-order valence-corrected chi connectivity index (χ4v) is 3.33. The minimum absolute atomic E-state index is 0.317. The molecule has 1 aromatic rings. The smallest absolute Gasteiger partial charge is 0.267 e. The maximum absolute atomic E-state index is 11.3. The van der Waals surface area contributed by atoms with Gasteiger partial charge >= 0.3 is 0 Å². The second kappa shape index (κ2) is 5.89. The molecule has 3 rings (SSSR count). The number of primary amides is 1. The van der Waals surface area contributed by atoms with Gasteiger partial charge in [0.25, 0.3) is 5.91 Å². The number of ether oxygens (including phenoxy) is 1. The summed E-state index contributed by atoms with van der Waals surface area (Å²) in [6.45, 7) is 2.81. The van der Waals surface area contributed by atoms with E-state index < -0.39 is 5.91 Å². The zero-order valence-electron chi connectivity index (χ0n) is 11.6. The van der Waals surface area contributed by atoms with Crippen molar-refractivity contribution in [3.63, 3.8) is 0 Å². The molecule has 0 aliphatic carbocycles. The van der Waals surface area contributed by atoms with Crippen molar-refractivity contribution in [3.05, 3.63) is 29.6 Å². The van der Waals surface area contributed by atoms with Gasteiger partial charge in [0.2, 0.25) is 0 Å². The third-order valence-corrected chi connectivity index (χ3v) is 4.32. The number of nitrogens with zero attached hydrogens (tertiary/aromatic N) is 2. The Morgan fingerprint density at radius 1 is 1.30 bits per heavy atom. The summed E-state index contributed by atoms with van der Waals surface area (Å²) >= 11 is 0. The van der Waals surface area contributed by atoms with Crippen LogP contribution in [0.15, 0.2) is 18.2 Å². The number of hydrogen-bond acceptors (Lipinski definition) is 4. The summed E-state index contributed by atoms with van der Waals surface area (Å²) in [7, 11) is 0. The van der Waals surface area contributed by atoms with E-state index in [0.717, 1.165) is 44.7 Å². The molecule has 108 valence electrons. The molecule has 20 heavy (non-hydrogen) atoms. The van der Waals surface area contributed by atoms with E-state index in [4.69, 9.17) is 10.5 Å². The molecule has 0 bridgehead atoms. The highest BCUT2D eigenvalue weighted by molar-refractivity contribution is 5.90. The Kier molecular flexibility index (Phi) is 3.98. The molecule has 2 N–H and O–H groups in total. The van der Waals surface area contributed by atoms with Crippen LogP contribution in [0.3, 0.4) is 0 Å². The van der Waals surface area contributed by atoms with Crippen LogP contribution >= 0.6 is 0 Å². The number of aromatic nitrogens is 1. The molecule has 5 nitrogen and oxygen atoms in total. The summed E-state index contributed by atoms with van der Waals surface area (Å²) in [5, 5.41) is 0. The lowest BCUT2D eigenvalue weighted by Gasteiger charge is -2.35. The maximum Gasteiger partial charge on any atom is 0.267 e. The normalized spacial score (nSPS) is 24.9. The molecule has 1 aromatic heterocycles. The number of pyridine rings is 1.